The molecule has 2 saturated carbocycles. The quantitative estimate of drug-likeness (QED) is 0.764. The van der Waals surface area contributed by atoms with E-state index in [0.29, 0.717) is 32.7 Å². The normalized spacial score (nSPS) is 26.6. The summed E-state index contributed by atoms with van der Waals surface area (Å²) in [5.74, 6) is -0.713. The molecule has 1 aliphatic heterocycles. The van der Waals surface area contributed by atoms with Crippen molar-refractivity contribution in [1.82, 2.24) is 13.5 Å². The van der Waals surface area contributed by atoms with Crippen LogP contribution < -0.4 is 0 Å². The van der Waals surface area contributed by atoms with E-state index < -0.39 is 21.6 Å². The van der Waals surface area contributed by atoms with E-state index in [1.54, 1.807) is 15.7 Å². The molecule has 138 valence electrons. The highest BCUT2D eigenvalue weighted by Gasteiger charge is 2.51. The topological polar surface area (TPSA) is 81.2 Å². The molecule has 1 heterocycles. The third-order valence-electron chi connectivity index (χ3n) is 5.94. The molecule has 3 rings (SSSR count). The van der Waals surface area contributed by atoms with E-state index in [1.165, 1.54) is 6.42 Å². The van der Waals surface area contributed by atoms with Crippen LogP contribution in [0.5, 0.6) is 0 Å². The maximum atomic E-state index is 12.8. The molecule has 24 heavy (non-hydrogen) atoms. The summed E-state index contributed by atoms with van der Waals surface area (Å²) in [5, 5.41) is 9.29. The lowest BCUT2D eigenvalue weighted by Crippen LogP contribution is -2.55. The number of piperazine rings is 1. The first kappa shape index (κ1) is 18.1. The van der Waals surface area contributed by atoms with Crippen molar-refractivity contribution in [1.29, 1.82) is 0 Å². The molecule has 2 aliphatic carbocycles. The van der Waals surface area contributed by atoms with E-state index >= 15 is 0 Å². The van der Waals surface area contributed by atoms with E-state index in [-0.39, 0.29) is 6.04 Å². The summed E-state index contributed by atoms with van der Waals surface area (Å²) in [6.45, 7) is 2.69. The van der Waals surface area contributed by atoms with Crippen molar-refractivity contribution in [3.63, 3.8) is 0 Å². The van der Waals surface area contributed by atoms with Gasteiger partial charge in [-0.05, 0) is 25.7 Å². The Labute approximate surface area is 144 Å². The number of hydrogen-bond donors (Lipinski definition) is 1. The van der Waals surface area contributed by atoms with E-state index in [0.717, 1.165) is 38.5 Å². The lowest BCUT2D eigenvalue weighted by Gasteiger charge is -2.39. The summed E-state index contributed by atoms with van der Waals surface area (Å²) in [7, 11) is -1.70. The van der Waals surface area contributed by atoms with Gasteiger partial charge < -0.3 is 5.11 Å². The highest BCUT2D eigenvalue weighted by atomic mass is 32.2. The molecule has 0 aromatic rings. The van der Waals surface area contributed by atoms with Crippen molar-refractivity contribution in [3.05, 3.63) is 0 Å². The minimum Gasteiger partial charge on any atom is -0.481 e. The Morgan fingerprint density at radius 3 is 2.21 bits per heavy atom. The van der Waals surface area contributed by atoms with Gasteiger partial charge in [-0.25, -0.2) is 0 Å². The smallest absolute Gasteiger partial charge is 0.310 e. The van der Waals surface area contributed by atoms with Gasteiger partial charge in [-0.2, -0.15) is 17.0 Å². The third-order valence-corrected chi connectivity index (χ3v) is 7.99. The van der Waals surface area contributed by atoms with Crippen LogP contribution in [0, 0.1) is 5.41 Å². The zero-order valence-corrected chi connectivity index (χ0v) is 15.3. The summed E-state index contributed by atoms with van der Waals surface area (Å²) in [6, 6.07) is 0.128. The number of rotatable bonds is 6. The van der Waals surface area contributed by atoms with Gasteiger partial charge in [0.05, 0.1) is 5.41 Å². The largest absolute Gasteiger partial charge is 0.481 e. The minimum absolute atomic E-state index is 0.128. The predicted octanol–water partition coefficient (Wildman–Crippen LogP) is 0.978. The average Bonchev–Trinajstić information content (AvgIpc) is 3.36. The van der Waals surface area contributed by atoms with Gasteiger partial charge >= 0.3 is 5.97 Å². The second-order valence-electron chi connectivity index (χ2n) is 7.58. The molecular weight excluding hydrogens is 330 g/mol. The number of aliphatic carboxylic acids is 1. The highest BCUT2D eigenvalue weighted by Crippen LogP contribution is 2.46. The first-order valence-corrected chi connectivity index (χ1v) is 10.4. The van der Waals surface area contributed by atoms with E-state index in [4.69, 9.17) is 0 Å². The number of hydrogen-bond acceptors (Lipinski definition) is 4. The molecule has 3 aliphatic rings. The summed E-state index contributed by atoms with van der Waals surface area (Å²) < 4.78 is 28.8. The maximum absolute atomic E-state index is 12.8. The maximum Gasteiger partial charge on any atom is 0.310 e. The molecule has 0 radical (unpaired) electrons. The van der Waals surface area contributed by atoms with Gasteiger partial charge in [0.1, 0.15) is 0 Å². The fraction of sp³-hybridized carbons (Fsp3) is 0.938. The molecule has 1 N–H and O–H groups in total. The molecule has 0 atom stereocenters. The molecular formula is C16H29N3O4S. The minimum atomic E-state index is -3.41. The van der Waals surface area contributed by atoms with Crippen molar-refractivity contribution in [2.24, 2.45) is 5.41 Å². The monoisotopic (exact) mass is 359 g/mol. The highest BCUT2D eigenvalue weighted by molar-refractivity contribution is 7.86. The lowest BCUT2D eigenvalue weighted by molar-refractivity contribution is -0.144. The standard InChI is InChI=1S/C16H29N3O4S/c1-17(14-5-3-2-4-6-14)24(22,23)19-11-9-18(10-12-19)13-16(7-8-16)15(20)21/h14H,2-13H2,1H3,(H,20,21). The van der Waals surface area contributed by atoms with Gasteiger partial charge in [0.25, 0.3) is 10.2 Å². The van der Waals surface area contributed by atoms with Crippen LogP contribution in [-0.2, 0) is 15.0 Å². The van der Waals surface area contributed by atoms with E-state index in [2.05, 4.69) is 4.90 Å². The summed E-state index contributed by atoms with van der Waals surface area (Å²) in [6.07, 6.45) is 6.81. The fourth-order valence-electron chi connectivity index (χ4n) is 3.95. The Bertz CT molecular complexity index is 562. The van der Waals surface area contributed by atoms with E-state index in [1.807, 2.05) is 0 Å². The predicted molar refractivity (Wildman–Crippen MR) is 90.9 cm³/mol. The van der Waals surface area contributed by atoms with Crippen LogP contribution in [-0.4, -0.2) is 78.8 Å². The van der Waals surface area contributed by atoms with Crippen LogP contribution in [0.1, 0.15) is 44.9 Å². The Morgan fingerprint density at radius 2 is 1.71 bits per heavy atom. The van der Waals surface area contributed by atoms with Crippen LogP contribution in [0.3, 0.4) is 0 Å². The van der Waals surface area contributed by atoms with Crippen molar-refractivity contribution >= 4 is 16.2 Å². The Hall–Kier alpha value is -0.700. The van der Waals surface area contributed by atoms with Crippen molar-refractivity contribution in [2.75, 3.05) is 39.8 Å². The summed E-state index contributed by atoms with van der Waals surface area (Å²) in [5.41, 5.74) is -0.570. The molecule has 3 fully saturated rings. The van der Waals surface area contributed by atoms with Crippen LogP contribution in [0.4, 0.5) is 0 Å². The molecule has 0 spiro atoms. The number of carboxylic acids is 1. The third kappa shape index (κ3) is 3.61. The first-order chi connectivity index (χ1) is 11.3. The molecule has 0 aromatic heterocycles. The Kier molecular flexibility index (Phi) is 5.20. The van der Waals surface area contributed by atoms with Gasteiger partial charge in [-0.15, -0.1) is 0 Å². The second kappa shape index (κ2) is 6.90. The van der Waals surface area contributed by atoms with Crippen molar-refractivity contribution in [3.8, 4) is 0 Å². The number of carboxylic acid groups (broad SMARTS) is 1. The summed E-state index contributed by atoms with van der Waals surface area (Å²) in [4.78, 5) is 13.4. The average molecular weight is 359 g/mol. The van der Waals surface area contributed by atoms with Crippen LogP contribution >= 0.6 is 0 Å². The van der Waals surface area contributed by atoms with E-state index in [9.17, 15) is 18.3 Å². The molecule has 0 bridgehead atoms. The molecule has 1 saturated heterocycles. The van der Waals surface area contributed by atoms with Crippen LogP contribution in [0.15, 0.2) is 0 Å². The number of carbonyl (C=O) groups is 1. The molecule has 8 heteroatoms. The van der Waals surface area contributed by atoms with Gasteiger partial charge in [0, 0.05) is 45.8 Å². The second-order valence-corrected chi connectivity index (χ2v) is 9.56. The lowest BCUT2D eigenvalue weighted by atomic mass is 9.96. The first-order valence-electron chi connectivity index (χ1n) is 9.04. The fourth-order valence-corrected chi connectivity index (χ4v) is 5.53. The SMILES string of the molecule is CN(C1CCCCC1)S(=O)(=O)N1CCN(CC2(C(=O)O)CC2)CC1. The zero-order chi connectivity index (χ0) is 17.4. The molecule has 7 nitrogen and oxygen atoms in total. The van der Waals surface area contributed by atoms with Crippen molar-refractivity contribution in [2.45, 2.75) is 51.0 Å². The van der Waals surface area contributed by atoms with Crippen molar-refractivity contribution < 1.29 is 18.3 Å². The molecule has 0 amide bonds. The number of nitrogens with zero attached hydrogens (tertiary/aromatic N) is 3. The van der Waals surface area contributed by atoms with Gasteiger partial charge in [-0.3, -0.25) is 9.69 Å². The summed E-state index contributed by atoms with van der Waals surface area (Å²) >= 11 is 0. The molecule has 0 unspecified atom stereocenters. The Morgan fingerprint density at radius 1 is 1.12 bits per heavy atom. The Balaban J connectivity index is 1.54. The van der Waals surface area contributed by atoms with Gasteiger partial charge in [0.2, 0.25) is 0 Å². The van der Waals surface area contributed by atoms with Gasteiger partial charge in [0.15, 0.2) is 0 Å². The van der Waals surface area contributed by atoms with Gasteiger partial charge in [-0.1, -0.05) is 19.3 Å². The van der Waals surface area contributed by atoms with Crippen LogP contribution in [0.2, 0.25) is 0 Å². The van der Waals surface area contributed by atoms with Crippen LogP contribution in [0.25, 0.3) is 0 Å². The zero-order valence-electron chi connectivity index (χ0n) is 14.5. The molecule has 0 aromatic carbocycles.